The molecule has 34 heavy (non-hydrogen) atoms. The number of pyridine rings is 1. The number of aromatic hydroxyl groups is 1. The number of benzene rings is 2. The van der Waals surface area contributed by atoms with Crippen molar-refractivity contribution in [1.82, 2.24) is 19.9 Å². The minimum atomic E-state index is -0.920. The van der Waals surface area contributed by atoms with Gasteiger partial charge in [-0.25, -0.2) is 14.8 Å². The van der Waals surface area contributed by atoms with Crippen LogP contribution in [0.3, 0.4) is 0 Å². The largest absolute Gasteiger partial charge is 0.507 e. The quantitative estimate of drug-likeness (QED) is 0.477. The molecular formula is C26H25N5O3. The van der Waals surface area contributed by atoms with E-state index in [1.54, 1.807) is 30.6 Å². The Morgan fingerprint density at radius 3 is 2.62 bits per heavy atom. The van der Waals surface area contributed by atoms with E-state index in [2.05, 4.69) is 9.88 Å². The average molecular weight is 456 g/mol. The van der Waals surface area contributed by atoms with Crippen molar-refractivity contribution in [2.45, 2.75) is 19.4 Å². The maximum absolute atomic E-state index is 12.0. The minimum absolute atomic E-state index is 0.117. The van der Waals surface area contributed by atoms with Crippen LogP contribution < -0.4 is 4.90 Å². The second kappa shape index (κ2) is 8.97. The molecule has 8 nitrogen and oxygen atoms in total. The van der Waals surface area contributed by atoms with Gasteiger partial charge in [0.2, 0.25) is 0 Å². The summed E-state index contributed by atoms with van der Waals surface area (Å²) in [6.07, 6.45) is 3.11. The molecule has 0 spiro atoms. The fourth-order valence-corrected chi connectivity index (χ4v) is 4.51. The number of fused-ring (bicyclic) bond motifs is 1. The van der Waals surface area contributed by atoms with Crippen molar-refractivity contribution in [2.24, 2.45) is 0 Å². The van der Waals surface area contributed by atoms with Crippen molar-refractivity contribution < 1.29 is 15.0 Å². The minimum Gasteiger partial charge on any atom is -0.507 e. The molecule has 0 bridgehead atoms. The molecule has 1 atom stereocenters. The number of carbonyl (C=O) groups is 1. The van der Waals surface area contributed by atoms with Crippen molar-refractivity contribution in [2.75, 3.05) is 24.5 Å². The van der Waals surface area contributed by atoms with Crippen LogP contribution in [-0.4, -0.2) is 61.8 Å². The summed E-state index contributed by atoms with van der Waals surface area (Å²) in [4.78, 5) is 29.3. The highest BCUT2D eigenvalue weighted by atomic mass is 16.4. The summed E-state index contributed by atoms with van der Waals surface area (Å²) in [6.45, 7) is 3.39. The van der Waals surface area contributed by atoms with E-state index < -0.39 is 6.09 Å². The Bertz CT molecular complexity index is 1350. The zero-order valence-corrected chi connectivity index (χ0v) is 18.8. The third-order valence-electron chi connectivity index (χ3n) is 6.23. The van der Waals surface area contributed by atoms with Gasteiger partial charge >= 0.3 is 6.09 Å². The van der Waals surface area contributed by atoms with Gasteiger partial charge < -0.3 is 20.0 Å². The molecule has 0 aliphatic carbocycles. The van der Waals surface area contributed by atoms with E-state index in [4.69, 9.17) is 9.97 Å². The number of amides is 1. The molecule has 5 rings (SSSR count). The molecule has 2 aromatic heterocycles. The van der Waals surface area contributed by atoms with Gasteiger partial charge in [-0.3, -0.25) is 4.98 Å². The number of rotatable bonds is 4. The Morgan fingerprint density at radius 2 is 1.85 bits per heavy atom. The number of hydrogen-bond acceptors (Lipinski definition) is 6. The first kappa shape index (κ1) is 21.6. The summed E-state index contributed by atoms with van der Waals surface area (Å²) in [7, 11) is 0. The molecule has 0 radical (unpaired) electrons. The zero-order valence-electron chi connectivity index (χ0n) is 18.8. The molecule has 2 aromatic carbocycles. The number of carboxylic acid groups (broad SMARTS) is 1. The lowest BCUT2D eigenvalue weighted by molar-refractivity contribution is 0.118. The van der Waals surface area contributed by atoms with Crippen LogP contribution in [0.15, 0.2) is 67.0 Å². The van der Waals surface area contributed by atoms with Gasteiger partial charge in [0.25, 0.3) is 0 Å². The maximum Gasteiger partial charge on any atom is 0.407 e. The van der Waals surface area contributed by atoms with Gasteiger partial charge in [-0.05, 0) is 60.9 Å². The van der Waals surface area contributed by atoms with E-state index in [1.807, 2.05) is 43.3 Å². The number of para-hydroxylation sites is 1. The molecule has 2 N–H and O–H groups in total. The van der Waals surface area contributed by atoms with Gasteiger partial charge in [0.05, 0.1) is 17.1 Å². The molecule has 1 saturated heterocycles. The molecule has 3 heterocycles. The van der Waals surface area contributed by atoms with Crippen LogP contribution in [0.1, 0.15) is 11.1 Å². The molecule has 0 saturated carbocycles. The lowest BCUT2D eigenvalue weighted by Gasteiger charge is -2.41. The van der Waals surface area contributed by atoms with Crippen molar-refractivity contribution in [3.8, 4) is 17.1 Å². The lowest BCUT2D eigenvalue weighted by Crippen LogP contribution is -2.56. The molecule has 1 fully saturated rings. The van der Waals surface area contributed by atoms with Crippen LogP contribution >= 0.6 is 0 Å². The third-order valence-corrected chi connectivity index (χ3v) is 6.23. The van der Waals surface area contributed by atoms with Crippen LogP contribution in [0, 0.1) is 6.92 Å². The topological polar surface area (TPSA) is 103 Å². The Kier molecular flexibility index (Phi) is 5.71. The Morgan fingerprint density at radius 1 is 1.06 bits per heavy atom. The Balaban J connectivity index is 1.57. The van der Waals surface area contributed by atoms with Crippen LogP contribution in [-0.2, 0) is 6.42 Å². The van der Waals surface area contributed by atoms with Crippen LogP contribution in [0.4, 0.5) is 10.6 Å². The number of nitrogens with zero attached hydrogens (tertiary/aromatic N) is 5. The zero-order chi connectivity index (χ0) is 23.7. The molecule has 1 unspecified atom stereocenters. The van der Waals surface area contributed by atoms with E-state index in [-0.39, 0.29) is 11.8 Å². The van der Waals surface area contributed by atoms with Crippen LogP contribution in [0.5, 0.6) is 5.75 Å². The molecule has 172 valence electrons. The van der Waals surface area contributed by atoms with E-state index in [9.17, 15) is 15.0 Å². The second-order valence-corrected chi connectivity index (χ2v) is 8.54. The summed E-state index contributed by atoms with van der Waals surface area (Å²) in [5, 5.41) is 21.1. The standard InChI is InChI=1S/C26H25N5O3/c1-17-6-7-20-22(14-17)28-24(21-4-2-3-5-23(21)32)29-25(20)30-12-13-31(26(33)34)19(16-30)15-18-8-10-27-11-9-18/h2-11,14,19,32H,12-13,15-16H2,1H3,(H,33,34). The van der Waals surface area contributed by atoms with Crippen molar-refractivity contribution in [1.29, 1.82) is 0 Å². The Hall–Kier alpha value is -4.20. The van der Waals surface area contributed by atoms with Gasteiger partial charge in [0, 0.05) is 37.4 Å². The number of piperazine rings is 1. The first-order valence-corrected chi connectivity index (χ1v) is 11.2. The molecule has 1 amide bonds. The average Bonchev–Trinajstić information content (AvgIpc) is 2.84. The van der Waals surface area contributed by atoms with Crippen LogP contribution in [0.2, 0.25) is 0 Å². The molecular weight excluding hydrogens is 430 g/mol. The SMILES string of the molecule is Cc1ccc2c(N3CCN(C(=O)O)C(Cc4ccncc4)C3)nc(-c3ccccc3O)nc2c1. The van der Waals surface area contributed by atoms with E-state index >= 15 is 0 Å². The lowest BCUT2D eigenvalue weighted by atomic mass is 10.0. The highest BCUT2D eigenvalue weighted by molar-refractivity contribution is 5.92. The first-order chi connectivity index (χ1) is 16.5. The number of hydrogen-bond donors (Lipinski definition) is 2. The number of aromatic nitrogens is 3. The highest BCUT2D eigenvalue weighted by Crippen LogP contribution is 2.33. The van der Waals surface area contributed by atoms with Gasteiger partial charge in [-0.15, -0.1) is 0 Å². The van der Waals surface area contributed by atoms with Crippen molar-refractivity contribution in [3.63, 3.8) is 0 Å². The first-order valence-electron chi connectivity index (χ1n) is 11.2. The molecule has 1 aliphatic rings. The summed E-state index contributed by atoms with van der Waals surface area (Å²) >= 11 is 0. The summed E-state index contributed by atoms with van der Waals surface area (Å²) in [5.41, 5.74) is 3.46. The normalized spacial score (nSPS) is 16.1. The predicted molar refractivity (Wildman–Crippen MR) is 130 cm³/mol. The fourth-order valence-electron chi connectivity index (χ4n) is 4.51. The number of phenolic OH excluding ortho intramolecular Hbond substituents is 1. The smallest absolute Gasteiger partial charge is 0.407 e. The second-order valence-electron chi connectivity index (χ2n) is 8.54. The third kappa shape index (κ3) is 4.22. The number of anilines is 1. The van der Waals surface area contributed by atoms with E-state index in [1.165, 1.54) is 4.90 Å². The molecule has 4 aromatic rings. The maximum atomic E-state index is 12.0. The van der Waals surface area contributed by atoms with Gasteiger partial charge in [0.1, 0.15) is 11.6 Å². The number of aryl methyl sites for hydroxylation is 1. The van der Waals surface area contributed by atoms with Gasteiger partial charge in [-0.2, -0.15) is 0 Å². The molecule has 1 aliphatic heterocycles. The van der Waals surface area contributed by atoms with Crippen molar-refractivity contribution >= 4 is 22.8 Å². The highest BCUT2D eigenvalue weighted by Gasteiger charge is 2.32. The molecule has 8 heteroatoms. The predicted octanol–water partition coefficient (Wildman–Crippen LogP) is 4.12. The van der Waals surface area contributed by atoms with Gasteiger partial charge in [-0.1, -0.05) is 18.2 Å². The van der Waals surface area contributed by atoms with Gasteiger partial charge in [0.15, 0.2) is 5.82 Å². The fraction of sp³-hybridized carbons (Fsp3) is 0.231. The number of phenols is 1. The monoisotopic (exact) mass is 455 g/mol. The summed E-state index contributed by atoms with van der Waals surface area (Å²) in [6, 6.07) is 16.7. The van der Waals surface area contributed by atoms with E-state index in [0.29, 0.717) is 37.4 Å². The summed E-state index contributed by atoms with van der Waals surface area (Å²) < 4.78 is 0. The van der Waals surface area contributed by atoms with E-state index in [0.717, 1.165) is 27.8 Å². The Labute approximate surface area is 197 Å². The van der Waals surface area contributed by atoms with Crippen molar-refractivity contribution in [3.05, 3.63) is 78.1 Å². The summed E-state index contributed by atoms with van der Waals surface area (Å²) in [5.74, 6) is 1.30. The van der Waals surface area contributed by atoms with Crippen LogP contribution in [0.25, 0.3) is 22.3 Å².